The maximum absolute atomic E-state index is 11.6. The number of nitrogens with one attached hydrogen (secondary N) is 1. The van der Waals surface area contributed by atoms with Gasteiger partial charge in [-0.3, -0.25) is 4.98 Å². The monoisotopic (exact) mass is 270 g/mol. The Labute approximate surface area is 118 Å². The molecule has 104 valence electrons. The van der Waals surface area contributed by atoms with Gasteiger partial charge in [0.15, 0.2) is 0 Å². The smallest absolute Gasteiger partial charge is 0.337 e. The summed E-state index contributed by atoms with van der Waals surface area (Å²) in [4.78, 5) is 21.0. The van der Waals surface area contributed by atoms with Crippen LogP contribution in [0.1, 0.15) is 20.8 Å². The highest BCUT2D eigenvalue weighted by Gasteiger charge is 2.23. The number of carbonyl (C=O) groups excluding carboxylic acids is 1. The molecule has 0 aliphatic heterocycles. The average molecular weight is 270 g/mol. The molecule has 0 aliphatic rings. The molecule has 0 aliphatic carbocycles. The number of anilines is 1. The van der Waals surface area contributed by atoms with E-state index in [4.69, 9.17) is 4.84 Å². The normalized spacial score (nSPS) is 10.9. The van der Waals surface area contributed by atoms with E-state index >= 15 is 0 Å². The van der Waals surface area contributed by atoms with Crippen LogP contribution in [0.3, 0.4) is 0 Å². The topological polar surface area (TPSA) is 51.2 Å². The van der Waals surface area contributed by atoms with Crippen LogP contribution >= 0.6 is 0 Å². The van der Waals surface area contributed by atoms with Gasteiger partial charge in [-0.05, 0) is 32.9 Å². The summed E-state index contributed by atoms with van der Waals surface area (Å²) in [6, 6.07) is 13.6. The largest absolute Gasteiger partial charge is 0.343 e. The standard InChI is InChI=1S/C16H18N2O2/c1-16(2,3)15(19)20-18-13-9-10-14(17-11-13)12-7-5-4-6-8-12/h4-11,18H,1-3H3. The van der Waals surface area contributed by atoms with Crippen LogP contribution in [0.2, 0.25) is 0 Å². The van der Waals surface area contributed by atoms with Gasteiger partial charge in [0.2, 0.25) is 0 Å². The van der Waals surface area contributed by atoms with E-state index in [9.17, 15) is 4.79 Å². The third kappa shape index (κ3) is 3.57. The molecule has 0 fully saturated rings. The summed E-state index contributed by atoms with van der Waals surface area (Å²) in [5, 5.41) is 0. The average Bonchev–Trinajstić information content (AvgIpc) is 2.45. The summed E-state index contributed by atoms with van der Waals surface area (Å²) in [6.45, 7) is 5.40. The lowest BCUT2D eigenvalue weighted by molar-refractivity contribution is -0.149. The molecule has 0 saturated heterocycles. The Morgan fingerprint density at radius 1 is 1.10 bits per heavy atom. The molecule has 1 aromatic heterocycles. The first-order valence-electron chi connectivity index (χ1n) is 6.45. The van der Waals surface area contributed by atoms with Gasteiger partial charge < -0.3 is 4.84 Å². The zero-order valence-electron chi connectivity index (χ0n) is 11.9. The summed E-state index contributed by atoms with van der Waals surface area (Å²) < 4.78 is 0. The van der Waals surface area contributed by atoms with Crippen LogP contribution in [0.15, 0.2) is 48.7 Å². The molecule has 0 atom stereocenters. The maximum Gasteiger partial charge on any atom is 0.337 e. The molecule has 0 unspecified atom stereocenters. The van der Waals surface area contributed by atoms with Crippen molar-refractivity contribution in [2.45, 2.75) is 20.8 Å². The molecule has 1 aromatic carbocycles. The third-order valence-electron chi connectivity index (χ3n) is 2.71. The number of pyridine rings is 1. The first kappa shape index (κ1) is 14.1. The van der Waals surface area contributed by atoms with Crippen LogP contribution in [0.5, 0.6) is 0 Å². The third-order valence-corrected chi connectivity index (χ3v) is 2.71. The molecule has 4 nitrogen and oxygen atoms in total. The van der Waals surface area contributed by atoms with Crippen molar-refractivity contribution >= 4 is 11.7 Å². The molecule has 2 aromatic rings. The van der Waals surface area contributed by atoms with Crippen LogP contribution in [0, 0.1) is 5.41 Å². The Kier molecular flexibility index (Phi) is 4.03. The van der Waals surface area contributed by atoms with Crippen molar-refractivity contribution in [3.05, 3.63) is 48.7 Å². The molecule has 0 spiro atoms. The molecule has 1 heterocycles. The Hall–Kier alpha value is -2.36. The van der Waals surface area contributed by atoms with Gasteiger partial charge in [0, 0.05) is 5.56 Å². The second-order valence-corrected chi connectivity index (χ2v) is 5.54. The molecule has 0 saturated carbocycles. The minimum absolute atomic E-state index is 0.315. The second-order valence-electron chi connectivity index (χ2n) is 5.54. The van der Waals surface area contributed by atoms with E-state index in [1.807, 2.05) is 42.5 Å². The Morgan fingerprint density at radius 2 is 1.80 bits per heavy atom. The first-order valence-corrected chi connectivity index (χ1v) is 6.45. The number of benzene rings is 1. The summed E-state index contributed by atoms with van der Waals surface area (Å²) in [7, 11) is 0. The van der Waals surface area contributed by atoms with Gasteiger partial charge in [-0.2, -0.15) is 0 Å². The van der Waals surface area contributed by atoms with Crippen LogP contribution in [-0.2, 0) is 9.63 Å². The van der Waals surface area contributed by atoms with Crippen molar-refractivity contribution < 1.29 is 9.63 Å². The van der Waals surface area contributed by atoms with E-state index in [2.05, 4.69) is 10.5 Å². The van der Waals surface area contributed by atoms with Crippen LogP contribution in [0.25, 0.3) is 11.3 Å². The van der Waals surface area contributed by atoms with E-state index in [0.717, 1.165) is 11.3 Å². The summed E-state index contributed by atoms with van der Waals surface area (Å²) >= 11 is 0. The van der Waals surface area contributed by atoms with Crippen LogP contribution in [-0.4, -0.2) is 11.0 Å². The van der Waals surface area contributed by atoms with E-state index in [-0.39, 0.29) is 5.97 Å². The zero-order valence-corrected chi connectivity index (χ0v) is 11.9. The van der Waals surface area contributed by atoms with E-state index in [0.29, 0.717) is 5.69 Å². The maximum atomic E-state index is 11.6. The van der Waals surface area contributed by atoms with Crippen molar-refractivity contribution in [3.8, 4) is 11.3 Å². The Bertz CT molecular complexity index is 572. The Balaban J connectivity index is 2.01. The van der Waals surface area contributed by atoms with Crippen molar-refractivity contribution in [3.63, 3.8) is 0 Å². The summed E-state index contributed by atoms with van der Waals surface area (Å²) in [6.07, 6.45) is 1.64. The van der Waals surface area contributed by atoms with Gasteiger partial charge >= 0.3 is 5.97 Å². The number of nitrogens with zero attached hydrogens (tertiary/aromatic N) is 1. The fraction of sp³-hybridized carbons (Fsp3) is 0.250. The van der Waals surface area contributed by atoms with Gasteiger partial charge in [0.05, 0.1) is 23.0 Å². The number of carbonyl (C=O) groups is 1. The molecule has 4 heteroatoms. The summed E-state index contributed by atoms with van der Waals surface area (Å²) in [5.41, 5.74) is 4.64. The predicted molar refractivity (Wildman–Crippen MR) is 78.8 cm³/mol. The minimum Gasteiger partial charge on any atom is -0.343 e. The lowest BCUT2D eigenvalue weighted by atomic mass is 9.98. The van der Waals surface area contributed by atoms with Crippen molar-refractivity contribution in [1.29, 1.82) is 0 Å². The second kappa shape index (κ2) is 5.74. The highest BCUT2D eigenvalue weighted by atomic mass is 16.7. The van der Waals surface area contributed by atoms with Crippen LogP contribution < -0.4 is 5.48 Å². The van der Waals surface area contributed by atoms with Crippen LogP contribution in [0.4, 0.5) is 5.69 Å². The van der Waals surface area contributed by atoms with Gasteiger partial charge in [0.25, 0.3) is 0 Å². The lowest BCUT2D eigenvalue weighted by Crippen LogP contribution is -2.25. The van der Waals surface area contributed by atoms with Gasteiger partial charge in [-0.1, -0.05) is 30.3 Å². The molecule has 20 heavy (non-hydrogen) atoms. The quantitative estimate of drug-likeness (QED) is 0.865. The number of rotatable bonds is 3. The summed E-state index contributed by atoms with van der Waals surface area (Å²) in [5.74, 6) is -0.315. The van der Waals surface area contributed by atoms with Crippen molar-refractivity contribution in [2.75, 3.05) is 5.48 Å². The molecular weight excluding hydrogens is 252 g/mol. The molecule has 1 N–H and O–H groups in total. The first-order chi connectivity index (χ1) is 9.47. The minimum atomic E-state index is -0.537. The Morgan fingerprint density at radius 3 is 2.35 bits per heavy atom. The molecule has 2 rings (SSSR count). The molecular formula is C16H18N2O2. The molecule has 0 radical (unpaired) electrons. The van der Waals surface area contributed by atoms with Gasteiger partial charge in [-0.15, -0.1) is 0 Å². The fourth-order valence-corrected chi connectivity index (χ4v) is 1.49. The van der Waals surface area contributed by atoms with E-state index in [1.165, 1.54) is 0 Å². The highest BCUT2D eigenvalue weighted by Crippen LogP contribution is 2.19. The number of hydrogen-bond donors (Lipinski definition) is 1. The zero-order chi connectivity index (χ0) is 14.6. The molecule has 0 bridgehead atoms. The van der Waals surface area contributed by atoms with E-state index < -0.39 is 5.41 Å². The SMILES string of the molecule is CC(C)(C)C(=O)ONc1ccc(-c2ccccc2)nc1. The van der Waals surface area contributed by atoms with Crippen molar-refractivity contribution in [2.24, 2.45) is 5.41 Å². The lowest BCUT2D eigenvalue weighted by Gasteiger charge is -2.16. The van der Waals surface area contributed by atoms with Crippen molar-refractivity contribution in [1.82, 2.24) is 4.98 Å². The van der Waals surface area contributed by atoms with Gasteiger partial charge in [-0.25, -0.2) is 10.3 Å². The number of aromatic nitrogens is 1. The highest BCUT2D eigenvalue weighted by molar-refractivity contribution is 5.76. The van der Waals surface area contributed by atoms with Gasteiger partial charge in [0.1, 0.15) is 0 Å². The fourth-order valence-electron chi connectivity index (χ4n) is 1.49. The van der Waals surface area contributed by atoms with E-state index in [1.54, 1.807) is 27.0 Å². The predicted octanol–water partition coefficient (Wildman–Crippen LogP) is 3.66. The molecule has 0 amide bonds. The number of hydrogen-bond acceptors (Lipinski definition) is 4.